The van der Waals surface area contributed by atoms with Crippen molar-refractivity contribution in [3.63, 3.8) is 0 Å². The number of aryl methyl sites for hydroxylation is 1. The van der Waals surface area contributed by atoms with Crippen LogP contribution in [0.2, 0.25) is 0 Å². The summed E-state index contributed by atoms with van der Waals surface area (Å²) in [7, 11) is 0. The van der Waals surface area contributed by atoms with E-state index in [0.29, 0.717) is 11.7 Å². The lowest BCUT2D eigenvalue weighted by molar-refractivity contribution is 0.0326. The van der Waals surface area contributed by atoms with E-state index < -0.39 is 0 Å². The largest absolute Gasteiger partial charge is 0.382 e. The lowest BCUT2D eigenvalue weighted by Crippen LogP contribution is -2.36. The predicted octanol–water partition coefficient (Wildman–Crippen LogP) is 1.81. The predicted molar refractivity (Wildman–Crippen MR) is 87.6 cm³/mol. The Morgan fingerprint density at radius 2 is 2.00 bits per heavy atom. The molecule has 0 bridgehead atoms. The third kappa shape index (κ3) is 3.08. The Morgan fingerprint density at radius 3 is 2.68 bits per heavy atom. The van der Waals surface area contributed by atoms with Gasteiger partial charge in [-0.2, -0.15) is 0 Å². The van der Waals surface area contributed by atoms with Crippen LogP contribution in [0.1, 0.15) is 25.4 Å². The molecular formula is C16H25N5O. The Kier molecular flexibility index (Phi) is 4.31. The fourth-order valence-electron chi connectivity index (χ4n) is 2.97. The molecule has 1 aliphatic rings. The van der Waals surface area contributed by atoms with Gasteiger partial charge in [-0.25, -0.2) is 9.97 Å². The summed E-state index contributed by atoms with van der Waals surface area (Å²) in [6.45, 7) is 11.7. The van der Waals surface area contributed by atoms with Gasteiger partial charge in [-0.15, -0.1) is 0 Å². The molecule has 0 saturated carbocycles. The molecule has 0 aromatic carbocycles. The summed E-state index contributed by atoms with van der Waals surface area (Å²) < 4.78 is 7.73. The zero-order chi connectivity index (χ0) is 15.7. The Balaban J connectivity index is 2.01. The number of morpholine rings is 1. The van der Waals surface area contributed by atoms with E-state index in [0.717, 1.165) is 61.9 Å². The van der Waals surface area contributed by atoms with E-state index in [2.05, 4.69) is 34.4 Å². The Bertz CT molecular complexity index is 658. The number of rotatable bonds is 4. The van der Waals surface area contributed by atoms with Crippen molar-refractivity contribution in [2.45, 2.75) is 33.9 Å². The smallest absolute Gasteiger partial charge is 0.151 e. The number of aromatic nitrogens is 3. The zero-order valence-electron chi connectivity index (χ0n) is 13.7. The maximum absolute atomic E-state index is 6.08. The summed E-state index contributed by atoms with van der Waals surface area (Å²) in [6, 6.07) is 2.09. The van der Waals surface area contributed by atoms with E-state index in [1.54, 1.807) is 0 Å². The van der Waals surface area contributed by atoms with Crippen molar-refractivity contribution in [2.24, 2.45) is 5.92 Å². The second-order valence-corrected chi connectivity index (χ2v) is 6.44. The fourth-order valence-corrected chi connectivity index (χ4v) is 2.97. The first kappa shape index (κ1) is 15.2. The third-order valence-electron chi connectivity index (χ3n) is 3.99. The molecule has 0 atom stereocenters. The van der Waals surface area contributed by atoms with Gasteiger partial charge in [-0.1, -0.05) is 13.8 Å². The Labute approximate surface area is 131 Å². The normalized spacial score (nSPS) is 16.7. The highest BCUT2D eigenvalue weighted by Crippen LogP contribution is 2.23. The van der Waals surface area contributed by atoms with Gasteiger partial charge in [0.25, 0.3) is 0 Å². The van der Waals surface area contributed by atoms with Crippen LogP contribution in [0.5, 0.6) is 0 Å². The molecule has 0 spiro atoms. The van der Waals surface area contributed by atoms with Crippen LogP contribution < -0.4 is 5.73 Å². The first-order chi connectivity index (χ1) is 10.5. The number of anilines is 1. The summed E-state index contributed by atoms with van der Waals surface area (Å²) in [4.78, 5) is 11.5. The maximum atomic E-state index is 6.08. The van der Waals surface area contributed by atoms with Crippen LogP contribution in [0.3, 0.4) is 0 Å². The third-order valence-corrected chi connectivity index (χ3v) is 3.99. The van der Waals surface area contributed by atoms with Crippen LogP contribution in [0.15, 0.2) is 6.07 Å². The van der Waals surface area contributed by atoms with Gasteiger partial charge in [-0.3, -0.25) is 4.90 Å². The van der Waals surface area contributed by atoms with E-state index in [4.69, 9.17) is 15.5 Å². The summed E-state index contributed by atoms with van der Waals surface area (Å²) in [5, 5.41) is 0. The molecule has 0 amide bonds. The molecule has 1 aliphatic heterocycles. The van der Waals surface area contributed by atoms with Crippen LogP contribution in [0.4, 0.5) is 5.82 Å². The number of fused-ring (bicyclic) bond motifs is 1. The number of imidazole rings is 1. The van der Waals surface area contributed by atoms with Gasteiger partial charge in [0, 0.05) is 25.3 Å². The van der Waals surface area contributed by atoms with Gasteiger partial charge in [-0.05, 0) is 18.9 Å². The van der Waals surface area contributed by atoms with Crippen LogP contribution in [0, 0.1) is 12.8 Å². The highest BCUT2D eigenvalue weighted by Gasteiger charge is 2.19. The van der Waals surface area contributed by atoms with E-state index in [1.807, 2.05) is 6.92 Å². The SMILES string of the molecule is Cc1cc2c(nc(CN3CCOCC3)n2CC(C)C)c(N)n1. The Morgan fingerprint density at radius 1 is 1.27 bits per heavy atom. The van der Waals surface area contributed by atoms with Crippen LogP contribution in [-0.4, -0.2) is 45.7 Å². The minimum absolute atomic E-state index is 0.528. The molecule has 2 aromatic heterocycles. The molecule has 6 nitrogen and oxygen atoms in total. The van der Waals surface area contributed by atoms with Gasteiger partial charge in [0.2, 0.25) is 0 Å². The summed E-state index contributed by atoms with van der Waals surface area (Å²) in [6.07, 6.45) is 0. The summed E-state index contributed by atoms with van der Waals surface area (Å²) in [5.74, 6) is 2.15. The molecule has 2 N–H and O–H groups in total. The molecule has 0 unspecified atom stereocenters. The summed E-state index contributed by atoms with van der Waals surface area (Å²) >= 11 is 0. The number of nitrogens with zero attached hydrogens (tertiary/aromatic N) is 4. The molecule has 6 heteroatoms. The fraction of sp³-hybridized carbons (Fsp3) is 0.625. The highest BCUT2D eigenvalue weighted by molar-refractivity contribution is 5.85. The minimum atomic E-state index is 0.528. The standard InChI is InChI=1S/C16H25N5O/c1-11(2)9-21-13-8-12(3)18-16(17)15(13)19-14(21)10-20-4-6-22-7-5-20/h8,11H,4-7,9-10H2,1-3H3,(H2,17,18). The van der Waals surface area contributed by atoms with Crippen molar-refractivity contribution < 1.29 is 4.74 Å². The van der Waals surface area contributed by atoms with Gasteiger partial charge < -0.3 is 15.0 Å². The monoisotopic (exact) mass is 303 g/mol. The average molecular weight is 303 g/mol. The molecule has 1 saturated heterocycles. The quantitative estimate of drug-likeness (QED) is 0.933. The lowest BCUT2D eigenvalue weighted by atomic mass is 10.2. The minimum Gasteiger partial charge on any atom is -0.382 e. The summed E-state index contributed by atoms with van der Waals surface area (Å²) in [5.41, 5.74) is 8.95. The van der Waals surface area contributed by atoms with Crippen molar-refractivity contribution in [3.8, 4) is 0 Å². The molecule has 120 valence electrons. The molecule has 0 radical (unpaired) electrons. The van der Waals surface area contributed by atoms with Crippen molar-refractivity contribution in [2.75, 3.05) is 32.0 Å². The van der Waals surface area contributed by atoms with E-state index in [1.165, 1.54) is 0 Å². The molecule has 0 aliphatic carbocycles. The molecule has 1 fully saturated rings. The first-order valence-electron chi connectivity index (χ1n) is 7.97. The highest BCUT2D eigenvalue weighted by atomic mass is 16.5. The van der Waals surface area contributed by atoms with Crippen LogP contribution in [-0.2, 0) is 17.8 Å². The second kappa shape index (κ2) is 6.22. The van der Waals surface area contributed by atoms with Gasteiger partial charge in [0.1, 0.15) is 11.3 Å². The van der Waals surface area contributed by atoms with Gasteiger partial charge in [0.05, 0.1) is 25.3 Å². The number of ether oxygens (including phenoxy) is 1. The number of nitrogens with two attached hydrogens (primary N) is 1. The van der Waals surface area contributed by atoms with Gasteiger partial charge in [0.15, 0.2) is 5.82 Å². The van der Waals surface area contributed by atoms with Crippen molar-refractivity contribution in [1.82, 2.24) is 19.4 Å². The first-order valence-corrected chi connectivity index (χ1v) is 7.97. The molecule has 22 heavy (non-hydrogen) atoms. The second-order valence-electron chi connectivity index (χ2n) is 6.44. The van der Waals surface area contributed by atoms with E-state index in [9.17, 15) is 0 Å². The average Bonchev–Trinajstić information content (AvgIpc) is 2.78. The molecule has 3 heterocycles. The van der Waals surface area contributed by atoms with Crippen LogP contribution in [0.25, 0.3) is 11.0 Å². The molecule has 3 rings (SSSR count). The number of hydrogen-bond donors (Lipinski definition) is 1. The van der Waals surface area contributed by atoms with Crippen molar-refractivity contribution >= 4 is 16.9 Å². The van der Waals surface area contributed by atoms with Crippen molar-refractivity contribution in [1.29, 1.82) is 0 Å². The topological polar surface area (TPSA) is 69.2 Å². The van der Waals surface area contributed by atoms with E-state index >= 15 is 0 Å². The van der Waals surface area contributed by atoms with Crippen molar-refractivity contribution in [3.05, 3.63) is 17.6 Å². The zero-order valence-corrected chi connectivity index (χ0v) is 13.7. The maximum Gasteiger partial charge on any atom is 0.151 e. The number of pyridine rings is 1. The lowest BCUT2D eigenvalue weighted by Gasteiger charge is -2.26. The molecule has 2 aromatic rings. The van der Waals surface area contributed by atoms with E-state index in [-0.39, 0.29) is 0 Å². The number of nitrogen functional groups attached to an aromatic ring is 1. The van der Waals surface area contributed by atoms with Crippen LogP contribution >= 0.6 is 0 Å². The number of hydrogen-bond acceptors (Lipinski definition) is 5. The Hall–Kier alpha value is -1.66. The van der Waals surface area contributed by atoms with Gasteiger partial charge >= 0.3 is 0 Å². The molecular weight excluding hydrogens is 278 g/mol.